The molecule has 2 heterocycles. The first kappa shape index (κ1) is 15.7. The topological polar surface area (TPSA) is 92.7 Å². The minimum atomic E-state index is -0.353. The molecule has 3 aromatic rings. The summed E-state index contributed by atoms with van der Waals surface area (Å²) >= 11 is 0. The van der Waals surface area contributed by atoms with Crippen molar-refractivity contribution in [3.63, 3.8) is 0 Å². The van der Waals surface area contributed by atoms with Crippen molar-refractivity contribution in [3.8, 4) is 11.3 Å². The molecule has 0 aliphatic rings. The molecule has 0 fully saturated rings. The molecule has 0 unspecified atom stereocenters. The summed E-state index contributed by atoms with van der Waals surface area (Å²) in [5.74, 6) is -0.353. The molecule has 7 heteroatoms. The van der Waals surface area contributed by atoms with Crippen LogP contribution in [0.4, 0.5) is 5.69 Å². The van der Waals surface area contributed by atoms with Gasteiger partial charge in [-0.3, -0.25) is 14.7 Å². The lowest BCUT2D eigenvalue weighted by molar-refractivity contribution is 0.102. The molecule has 7 nitrogen and oxygen atoms in total. The number of carbonyl (C=O) groups excluding carboxylic acids is 1. The first-order valence-corrected chi connectivity index (χ1v) is 7.66. The fourth-order valence-electron chi connectivity index (χ4n) is 2.29. The summed E-state index contributed by atoms with van der Waals surface area (Å²) in [6, 6.07) is 12.0. The number of hydrogen-bond acceptors (Lipinski definition) is 4. The molecule has 24 heavy (non-hydrogen) atoms. The zero-order valence-electron chi connectivity index (χ0n) is 13.2. The molecule has 0 bridgehead atoms. The van der Waals surface area contributed by atoms with Gasteiger partial charge in [0, 0.05) is 24.5 Å². The van der Waals surface area contributed by atoms with Gasteiger partial charge in [0.2, 0.25) is 0 Å². The number of benzene rings is 1. The van der Waals surface area contributed by atoms with E-state index in [-0.39, 0.29) is 17.2 Å². The number of H-pyrrole nitrogens is 1. The quantitative estimate of drug-likeness (QED) is 0.753. The van der Waals surface area contributed by atoms with Gasteiger partial charge in [0.1, 0.15) is 5.69 Å². The van der Waals surface area contributed by atoms with Crippen molar-refractivity contribution < 1.29 is 4.79 Å². The van der Waals surface area contributed by atoms with Crippen LogP contribution >= 0.6 is 0 Å². The van der Waals surface area contributed by atoms with Crippen LogP contribution < -0.4 is 10.9 Å². The van der Waals surface area contributed by atoms with E-state index in [0.29, 0.717) is 12.2 Å². The molecular formula is C17H17N5O2. The van der Waals surface area contributed by atoms with Gasteiger partial charge in [-0.05, 0) is 36.2 Å². The van der Waals surface area contributed by atoms with Gasteiger partial charge >= 0.3 is 0 Å². The number of aromatic amines is 1. The third-order valence-electron chi connectivity index (χ3n) is 3.49. The molecule has 1 aromatic carbocycles. The monoisotopic (exact) mass is 323 g/mol. The van der Waals surface area contributed by atoms with Gasteiger partial charge in [-0.15, -0.1) is 0 Å². The van der Waals surface area contributed by atoms with E-state index in [1.54, 1.807) is 18.3 Å². The number of carbonyl (C=O) groups is 1. The molecule has 0 radical (unpaired) electrons. The van der Waals surface area contributed by atoms with E-state index in [0.717, 1.165) is 17.7 Å². The van der Waals surface area contributed by atoms with E-state index in [9.17, 15) is 9.59 Å². The van der Waals surface area contributed by atoms with E-state index in [1.807, 2.05) is 25.1 Å². The van der Waals surface area contributed by atoms with E-state index >= 15 is 0 Å². The number of amides is 1. The molecule has 0 saturated carbocycles. The summed E-state index contributed by atoms with van der Waals surface area (Å²) in [7, 11) is 0. The molecule has 0 atom stereocenters. The number of nitrogens with one attached hydrogen (secondary N) is 2. The maximum atomic E-state index is 12.3. The second kappa shape index (κ2) is 6.91. The molecule has 0 saturated heterocycles. The Hall–Kier alpha value is -3.22. The Morgan fingerprint density at radius 3 is 2.62 bits per heavy atom. The van der Waals surface area contributed by atoms with Crippen LogP contribution in [0.5, 0.6) is 0 Å². The predicted octanol–water partition coefficient (Wildman–Crippen LogP) is 2.30. The second-order valence-electron chi connectivity index (χ2n) is 5.28. The Morgan fingerprint density at radius 1 is 1.17 bits per heavy atom. The Balaban J connectivity index is 1.75. The van der Waals surface area contributed by atoms with Gasteiger partial charge in [0.05, 0.1) is 5.69 Å². The number of aryl methyl sites for hydroxylation is 1. The summed E-state index contributed by atoms with van der Waals surface area (Å²) in [4.78, 5) is 23.9. The summed E-state index contributed by atoms with van der Waals surface area (Å²) < 4.78 is 1.30. The summed E-state index contributed by atoms with van der Waals surface area (Å²) in [5, 5.41) is 13.7. The molecule has 0 aliphatic carbocycles. The summed E-state index contributed by atoms with van der Waals surface area (Å²) in [5.41, 5.74) is 2.53. The zero-order chi connectivity index (χ0) is 16.9. The lowest BCUT2D eigenvalue weighted by Crippen LogP contribution is -2.26. The van der Waals surface area contributed by atoms with Crippen molar-refractivity contribution in [1.82, 2.24) is 20.0 Å². The van der Waals surface area contributed by atoms with Crippen molar-refractivity contribution in [2.45, 2.75) is 19.9 Å². The smallest absolute Gasteiger partial charge is 0.276 e. The first-order valence-electron chi connectivity index (χ1n) is 7.66. The number of anilines is 1. The summed E-state index contributed by atoms with van der Waals surface area (Å²) in [6.45, 7) is 2.43. The van der Waals surface area contributed by atoms with Gasteiger partial charge in [-0.1, -0.05) is 19.1 Å². The second-order valence-corrected chi connectivity index (χ2v) is 5.28. The third kappa shape index (κ3) is 3.40. The highest BCUT2D eigenvalue weighted by Gasteiger charge is 2.10. The molecule has 1 amide bonds. The van der Waals surface area contributed by atoms with Gasteiger partial charge in [0.25, 0.3) is 11.5 Å². The van der Waals surface area contributed by atoms with E-state index in [1.165, 1.54) is 16.8 Å². The first-order chi connectivity index (χ1) is 11.7. The average Bonchev–Trinajstić information content (AvgIpc) is 3.12. The van der Waals surface area contributed by atoms with Gasteiger partial charge < -0.3 is 5.32 Å². The van der Waals surface area contributed by atoms with Crippen LogP contribution in [0.25, 0.3) is 11.3 Å². The van der Waals surface area contributed by atoms with Crippen molar-refractivity contribution in [1.29, 1.82) is 0 Å². The maximum absolute atomic E-state index is 12.3. The number of aromatic nitrogens is 4. The van der Waals surface area contributed by atoms with Gasteiger partial charge in [-0.25, -0.2) is 4.68 Å². The van der Waals surface area contributed by atoms with E-state index in [4.69, 9.17) is 0 Å². The highest BCUT2D eigenvalue weighted by atomic mass is 16.2. The standard InChI is InChI=1S/C17H17N5O2/c1-2-11-22-16(23)8-7-15(21-22)17(24)19-13-5-3-12(4-6-13)14-9-10-18-20-14/h3-10H,2,11H2,1H3,(H,18,20)(H,19,24). The van der Waals surface area contributed by atoms with Crippen LogP contribution in [0, 0.1) is 0 Å². The highest BCUT2D eigenvalue weighted by molar-refractivity contribution is 6.02. The molecule has 0 spiro atoms. The lowest BCUT2D eigenvalue weighted by atomic mass is 10.1. The Morgan fingerprint density at radius 2 is 1.96 bits per heavy atom. The van der Waals surface area contributed by atoms with Crippen LogP contribution in [0.2, 0.25) is 0 Å². The van der Waals surface area contributed by atoms with Gasteiger partial charge in [0.15, 0.2) is 0 Å². The van der Waals surface area contributed by atoms with Crippen molar-refractivity contribution in [2.75, 3.05) is 5.32 Å². The Bertz CT molecular complexity index is 882. The molecule has 0 aliphatic heterocycles. The largest absolute Gasteiger partial charge is 0.321 e. The fourth-order valence-corrected chi connectivity index (χ4v) is 2.29. The minimum absolute atomic E-state index is 0.209. The zero-order valence-corrected chi connectivity index (χ0v) is 13.2. The normalized spacial score (nSPS) is 10.5. The Kier molecular flexibility index (Phi) is 4.51. The highest BCUT2D eigenvalue weighted by Crippen LogP contribution is 2.19. The maximum Gasteiger partial charge on any atom is 0.276 e. The van der Waals surface area contributed by atoms with E-state index in [2.05, 4.69) is 20.6 Å². The predicted molar refractivity (Wildman–Crippen MR) is 90.8 cm³/mol. The molecular weight excluding hydrogens is 306 g/mol. The van der Waals surface area contributed by atoms with Crippen LogP contribution in [0.15, 0.2) is 53.5 Å². The number of rotatable bonds is 5. The average molecular weight is 323 g/mol. The van der Waals surface area contributed by atoms with Crippen LogP contribution in [0.3, 0.4) is 0 Å². The van der Waals surface area contributed by atoms with Crippen LogP contribution in [0.1, 0.15) is 23.8 Å². The number of hydrogen-bond donors (Lipinski definition) is 2. The number of nitrogens with zero attached hydrogens (tertiary/aromatic N) is 3. The van der Waals surface area contributed by atoms with Crippen molar-refractivity contribution in [3.05, 3.63) is 64.7 Å². The molecule has 2 N–H and O–H groups in total. The SMILES string of the molecule is CCCn1nc(C(=O)Nc2ccc(-c3ccn[nH]3)cc2)ccc1=O. The molecule has 3 rings (SSSR count). The van der Waals surface area contributed by atoms with Gasteiger partial charge in [-0.2, -0.15) is 10.2 Å². The lowest BCUT2D eigenvalue weighted by Gasteiger charge is -2.07. The van der Waals surface area contributed by atoms with Crippen molar-refractivity contribution in [2.24, 2.45) is 0 Å². The van der Waals surface area contributed by atoms with Crippen LogP contribution in [-0.4, -0.2) is 25.9 Å². The summed E-state index contributed by atoms with van der Waals surface area (Å²) in [6.07, 6.45) is 2.45. The minimum Gasteiger partial charge on any atom is -0.321 e. The molecule has 122 valence electrons. The molecule has 2 aromatic heterocycles. The van der Waals surface area contributed by atoms with Crippen molar-refractivity contribution >= 4 is 11.6 Å². The Labute approximate surface area is 138 Å². The van der Waals surface area contributed by atoms with Crippen LogP contribution in [-0.2, 0) is 6.54 Å². The fraction of sp³-hybridized carbons (Fsp3) is 0.176. The third-order valence-corrected chi connectivity index (χ3v) is 3.49. The van der Waals surface area contributed by atoms with E-state index < -0.39 is 0 Å².